The Kier molecular flexibility index (Phi) is 6.24. The number of hydrogen-bond donors (Lipinski definition) is 2. The quantitative estimate of drug-likeness (QED) is 0.841. The van der Waals surface area contributed by atoms with E-state index in [4.69, 9.17) is 5.73 Å². The first-order valence-electron chi connectivity index (χ1n) is 5.10. The first kappa shape index (κ1) is 17.7. The zero-order valence-corrected chi connectivity index (χ0v) is 10.7. The maximum absolute atomic E-state index is 12.8. The molecular weight excluding hydrogens is 288 g/mol. The minimum absolute atomic E-state index is 0. The summed E-state index contributed by atoms with van der Waals surface area (Å²) >= 11 is 0. The summed E-state index contributed by atoms with van der Waals surface area (Å²) in [4.78, 5) is 11.2. The number of benzene rings is 1. The van der Waals surface area contributed by atoms with Gasteiger partial charge in [-0.25, -0.2) is 4.39 Å². The number of rotatable bonds is 3. The van der Waals surface area contributed by atoms with Gasteiger partial charge in [0.15, 0.2) is 0 Å². The first-order valence-corrected chi connectivity index (χ1v) is 5.10. The van der Waals surface area contributed by atoms with Crippen LogP contribution >= 0.6 is 12.4 Å². The fraction of sp³-hybridized carbons (Fsp3) is 0.364. The molecule has 1 aromatic rings. The Morgan fingerprint density at radius 1 is 1.42 bits per heavy atom. The van der Waals surface area contributed by atoms with Gasteiger partial charge in [-0.3, -0.25) is 4.79 Å². The van der Waals surface area contributed by atoms with Crippen LogP contribution in [0.3, 0.4) is 0 Å². The van der Waals surface area contributed by atoms with E-state index >= 15 is 0 Å². The Labute approximate surface area is 113 Å². The van der Waals surface area contributed by atoms with E-state index in [0.29, 0.717) is 6.07 Å². The summed E-state index contributed by atoms with van der Waals surface area (Å²) in [6.45, 7) is 1.06. The van der Waals surface area contributed by atoms with Gasteiger partial charge >= 0.3 is 6.18 Å². The van der Waals surface area contributed by atoms with Gasteiger partial charge in [-0.2, -0.15) is 13.2 Å². The summed E-state index contributed by atoms with van der Waals surface area (Å²) in [6, 6.07) is 1.47. The van der Waals surface area contributed by atoms with Crippen molar-refractivity contribution in [2.24, 2.45) is 5.73 Å². The van der Waals surface area contributed by atoms with Crippen LogP contribution in [0.2, 0.25) is 0 Å². The van der Waals surface area contributed by atoms with Crippen molar-refractivity contribution in [3.05, 3.63) is 35.1 Å². The van der Waals surface area contributed by atoms with Gasteiger partial charge in [-0.1, -0.05) is 6.07 Å². The highest BCUT2D eigenvalue weighted by Gasteiger charge is 2.33. The summed E-state index contributed by atoms with van der Waals surface area (Å²) in [5, 5.41) is 2.24. The van der Waals surface area contributed by atoms with Crippen molar-refractivity contribution in [3.8, 4) is 0 Å². The molecule has 0 heterocycles. The van der Waals surface area contributed by atoms with Crippen LogP contribution < -0.4 is 11.1 Å². The van der Waals surface area contributed by atoms with Crippen LogP contribution in [0.1, 0.15) is 18.1 Å². The number of halogens is 5. The highest BCUT2D eigenvalue weighted by molar-refractivity contribution is 5.85. The number of hydrogen-bond acceptors (Lipinski definition) is 2. The molecule has 0 aliphatic heterocycles. The van der Waals surface area contributed by atoms with Gasteiger partial charge < -0.3 is 11.1 Å². The minimum atomic E-state index is -4.67. The summed E-state index contributed by atoms with van der Waals surface area (Å²) in [7, 11) is 0. The minimum Gasteiger partial charge on any atom is -0.351 e. The molecule has 0 aliphatic carbocycles. The molecule has 8 heteroatoms. The molecule has 3 N–H and O–H groups in total. The van der Waals surface area contributed by atoms with Crippen LogP contribution in [-0.4, -0.2) is 11.9 Å². The lowest BCUT2D eigenvalue weighted by Crippen LogP contribution is -2.38. The zero-order chi connectivity index (χ0) is 13.9. The van der Waals surface area contributed by atoms with Crippen molar-refractivity contribution < 1.29 is 22.4 Å². The van der Waals surface area contributed by atoms with Crippen LogP contribution in [0.25, 0.3) is 0 Å². The van der Waals surface area contributed by atoms with Crippen LogP contribution in [0, 0.1) is 5.82 Å². The van der Waals surface area contributed by atoms with Crippen molar-refractivity contribution in [2.75, 3.05) is 0 Å². The number of carbonyl (C=O) groups is 1. The molecule has 0 aromatic heterocycles. The summed E-state index contributed by atoms with van der Waals surface area (Å²) in [6.07, 6.45) is -4.67. The third-order valence-electron chi connectivity index (χ3n) is 2.24. The van der Waals surface area contributed by atoms with Crippen molar-refractivity contribution in [1.82, 2.24) is 5.32 Å². The highest BCUT2D eigenvalue weighted by atomic mass is 35.5. The average Bonchev–Trinajstić information content (AvgIpc) is 2.25. The Balaban J connectivity index is 0.00000324. The number of nitrogens with one attached hydrogen (secondary N) is 1. The fourth-order valence-electron chi connectivity index (χ4n) is 1.31. The largest absolute Gasteiger partial charge is 0.416 e. The molecular formula is C11H13ClF4N2O. The topological polar surface area (TPSA) is 55.1 Å². The normalized spacial score (nSPS) is 12.5. The molecule has 19 heavy (non-hydrogen) atoms. The van der Waals surface area contributed by atoms with E-state index < -0.39 is 29.5 Å². The second-order valence-corrected chi connectivity index (χ2v) is 3.81. The lowest BCUT2D eigenvalue weighted by atomic mass is 10.1. The van der Waals surface area contributed by atoms with Crippen molar-refractivity contribution in [2.45, 2.75) is 25.7 Å². The maximum atomic E-state index is 12.8. The molecule has 0 aliphatic rings. The SMILES string of the molecule is C[C@H](N)C(=O)NCc1ccc(F)cc1C(F)(F)F.Cl. The predicted octanol–water partition coefficient (Wildman–Crippen LogP) is 2.23. The smallest absolute Gasteiger partial charge is 0.351 e. The predicted molar refractivity (Wildman–Crippen MR) is 64.1 cm³/mol. The van der Waals surface area contributed by atoms with E-state index in [1.54, 1.807) is 0 Å². The maximum Gasteiger partial charge on any atom is 0.416 e. The Hall–Kier alpha value is -1.34. The van der Waals surface area contributed by atoms with Crippen molar-refractivity contribution in [3.63, 3.8) is 0 Å². The molecule has 0 saturated carbocycles. The molecule has 0 unspecified atom stereocenters. The summed E-state index contributed by atoms with van der Waals surface area (Å²) in [5.74, 6) is -1.56. The first-order chi connectivity index (χ1) is 8.21. The van der Waals surface area contributed by atoms with Gasteiger partial charge in [0, 0.05) is 6.54 Å². The lowest BCUT2D eigenvalue weighted by molar-refractivity contribution is -0.138. The molecule has 0 radical (unpaired) electrons. The molecule has 108 valence electrons. The van der Waals surface area contributed by atoms with E-state index in [2.05, 4.69) is 5.32 Å². The van der Waals surface area contributed by atoms with Crippen LogP contribution in [0.5, 0.6) is 0 Å². The van der Waals surface area contributed by atoms with Gasteiger partial charge in [0.05, 0.1) is 11.6 Å². The summed E-state index contributed by atoms with van der Waals surface area (Å²) in [5.41, 5.74) is 3.94. The summed E-state index contributed by atoms with van der Waals surface area (Å²) < 4.78 is 50.6. The number of carbonyl (C=O) groups excluding carboxylic acids is 1. The molecule has 0 spiro atoms. The standard InChI is InChI=1S/C11H12F4N2O.ClH/c1-6(16)10(18)17-5-7-2-3-8(12)4-9(7)11(13,14)15;/h2-4,6H,5,16H2,1H3,(H,17,18);1H/t6-;/m0./s1. The molecule has 1 amide bonds. The lowest BCUT2D eigenvalue weighted by Gasteiger charge is -2.14. The molecule has 1 rings (SSSR count). The van der Waals surface area contributed by atoms with E-state index in [-0.39, 0.29) is 24.5 Å². The Bertz CT molecular complexity index is 449. The van der Waals surface area contributed by atoms with E-state index in [9.17, 15) is 22.4 Å². The Morgan fingerprint density at radius 2 is 2.00 bits per heavy atom. The van der Waals surface area contributed by atoms with E-state index in [0.717, 1.165) is 12.1 Å². The van der Waals surface area contributed by atoms with Crippen LogP contribution in [-0.2, 0) is 17.5 Å². The third kappa shape index (κ3) is 5.04. The molecule has 0 saturated heterocycles. The van der Waals surface area contributed by atoms with Crippen molar-refractivity contribution >= 4 is 18.3 Å². The van der Waals surface area contributed by atoms with Gasteiger partial charge in [-0.15, -0.1) is 12.4 Å². The zero-order valence-electron chi connectivity index (χ0n) is 9.92. The molecule has 0 bridgehead atoms. The van der Waals surface area contributed by atoms with Gasteiger partial charge in [0.25, 0.3) is 0 Å². The van der Waals surface area contributed by atoms with Gasteiger partial charge in [0.2, 0.25) is 5.91 Å². The van der Waals surface area contributed by atoms with Gasteiger partial charge in [0.1, 0.15) is 5.82 Å². The fourth-order valence-corrected chi connectivity index (χ4v) is 1.31. The molecule has 3 nitrogen and oxygen atoms in total. The van der Waals surface area contributed by atoms with Crippen LogP contribution in [0.4, 0.5) is 17.6 Å². The van der Waals surface area contributed by atoms with Gasteiger partial charge in [-0.05, 0) is 24.6 Å². The monoisotopic (exact) mass is 300 g/mol. The molecule has 1 atom stereocenters. The van der Waals surface area contributed by atoms with E-state index in [1.807, 2.05) is 0 Å². The number of amides is 1. The third-order valence-corrected chi connectivity index (χ3v) is 2.24. The van der Waals surface area contributed by atoms with Crippen LogP contribution in [0.15, 0.2) is 18.2 Å². The second-order valence-electron chi connectivity index (χ2n) is 3.81. The van der Waals surface area contributed by atoms with E-state index in [1.165, 1.54) is 6.92 Å². The molecule has 1 aromatic carbocycles. The number of alkyl halides is 3. The highest BCUT2D eigenvalue weighted by Crippen LogP contribution is 2.32. The van der Waals surface area contributed by atoms with Crippen molar-refractivity contribution in [1.29, 1.82) is 0 Å². The average molecular weight is 301 g/mol. The number of nitrogens with two attached hydrogens (primary N) is 1. The Morgan fingerprint density at radius 3 is 2.47 bits per heavy atom. The molecule has 0 fully saturated rings. The second kappa shape index (κ2) is 6.72.